The van der Waals surface area contributed by atoms with Crippen molar-refractivity contribution in [3.8, 4) is 11.5 Å². The molecular weight excluding hydrogens is 361 g/mol. The number of anilines is 1. The fourth-order valence-corrected chi connectivity index (χ4v) is 2.12. The number of aromatic nitrogens is 1. The molecule has 126 valence electrons. The van der Waals surface area contributed by atoms with Gasteiger partial charge in [-0.3, -0.25) is 14.9 Å². The minimum atomic E-state index is -0.972. The Morgan fingerprint density at radius 3 is 2.71 bits per heavy atom. The smallest absolute Gasteiger partial charge is 0.291 e. The van der Waals surface area contributed by atoms with Crippen molar-refractivity contribution in [3.05, 3.63) is 50.6 Å². The first-order chi connectivity index (χ1) is 11.3. The highest BCUT2D eigenvalue weighted by atomic mass is 35.5. The molecule has 0 aliphatic carbocycles. The predicted octanol–water partition coefficient (Wildman–Crippen LogP) is 3.41. The molecule has 1 aromatic heterocycles. The van der Waals surface area contributed by atoms with Gasteiger partial charge < -0.3 is 15.2 Å². The second kappa shape index (κ2) is 7.33. The third kappa shape index (κ3) is 4.24. The van der Waals surface area contributed by atoms with Crippen molar-refractivity contribution in [1.82, 2.24) is 4.98 Å². The van der Waals surface area contributed by atoms with Crippen molar-refractivity contribution in [2.75, 3.05) is 5.32 Å². The predicted molar refractivity (Wildman–Crippen MR) is 87.7 cm³/mol. The number of hydrogen-bond acceptors (Lipinski definition) is 6. The molecule has 1 atom stereocenters. The van der Waals surface area contributed by atoms with Crippen molar-refractivity contribution < 1.29 is 19.6 Å². The van der Waals surface area contributed by atoms with Crippen molar-refractivity contribution >= 4 is 40.6 Å². The fourth-order valence-electron chi connectivity index (χ4n) is 1.67. The van der Waals surface area contributed by atoms with Gasteiger partial charge in [-0.1, -0.05) is 23.2 Å². The van der Waals surface area contributed by atoms with Crippen LogP contribution in [0.15, 0.2) is 30.5 Å². The summed E-state index contributed by atoms with van der Waals surface area (Å²) >= 11 is 11.7. The number of benzene rings is 1. The van der Waals surface area contributed by atoms with Crippen LogP contribution in [-0.2, 0) is 4.79 Å². The number of nitrogens with one attached hydrogen (secondary N) is 1. The number of carbonyl (C=O) groups is 1. The lowest BCUT2D eigenvalue weighted by atomic mass is 10.3. The topological polar surface area (TPSA) is 115 Å². The minimum absolute atomic E-state index is 0.219. The van der Waals surface area contributed by atoms with E-state index in [2.05, 4.69) is 10.3 Å². The standard InChI is InChI=1S/C14H11Cl2N3O5/c1-7(24-12-3-2-8(15)4-10(12)16)14(21)18-13-11(20)5-9(6-17-13)19(22)23/h2-7,20H,1H3,(H,17,18,21). The third-order valence-electron chi connectivity index (χ3n) is 2.87. The first kappa shape index (κ1) is 17.8. The van der Waals surface area contributed by atoms with E-state index in [-0.39, 0.29) is 16.6 Å². The first-order valence-electron chi connectivity index (χ1n) is 6.54. The van der Waals surface area contributed by atoms with Crippen molar-refractivity contribution in [1.29, 1.82) is 0 Å². The molecule has 0 radical (unpaired) electrons. The Morgan fingerprint density at radius 1 is 1.42 bits per heavy atom. The summed E-state index contributed by atoms with van der Waals surface area (Å²) in [7, 11) is 0. The Morgan fingerprint density at radius 2 is 2.12 bits per heavy atom. The van der Waals surface area contributed by atoms with Gasteiger partial charge in [-0.2, -0.15) is 0 Å². The van der Waals surface area contributed by atoms with Gasteiger partial charge in [0.05, 0.1) is 16.0 Å². The molecule has 24 heavy (non-hydrogen) atoms. The summed E-state index contributed by atoms with van der Waals surface area (Å²) in [5.74, 6) is -1.13. The normalized spacial score (nSPS) is 11.6. The van der Waals surface area contributed by atoms with E-state index in [1.807, 2.05) is 0 Å². The average molecular weight is 372 g/mol. The van der Waals surface area contributed by atoms with Crippen molar-refractivity contribution in [2.45, 2.75) is 13.0 Å². The van der Waals surface area contributed by atoms with Gasteiger partial charge >= 0.3 is 0 Å². The SMILES string of the molecule is CC(Oc1ccc(Cl)cc1Cl)C(=O)Nc1ncc([N+](=O)[O-])cc1O. The highest BCUT2D eigenvalue weighted by molar-refractivity contribution is 6.35. The van der Waals surface area contributed by atoms with Gasteiger partial charge in [-0.15, -0.1) is 0 Å². The maximum atomic E-state index is 12.1. The van der Waals surface area contributed by atoms with E-state index in [4.69, 9.17) is 27.9 Å². The molecule has 2 N–H and O–H groups in total. The van der Waals surface area contributed by atoms with Gasteiger partial charge in [-0.05, 0) is 25.1 Å². The lowest BCUT2D eigenvalue weighted by Crippen LogP contribution is -2.30. The molecular formula is C14H11Cl2N3O5. The molecule has 0 bridgehead atoms. The number of nitrogens with zero attached hydrogens (tertiary/aromatic N) is 2. The maximum Gasteiger partial charge on any atom is 0.291 e. The van der Waals surface area contributed by atoms with Crippen LogP contribution in [0, 0.1) is 10.1 Å². The van der Waals surface area contributed by atoms with Crippen LogP contribution in [0.1, 0.15) is 6.92 Å². The zero-order valence-electron chi connectivity index (χ0n) is 12.2. The molecule has 2 rings (SSSR count). The second-order valence-electron chi connectivity index (χ2n) is 4.64. The summed E-state index contributed by atoms with van der Waals surface area (Å²) in [6.45, 7) is 1.46. The number of rotatable bonds is 5. The average Bonchev–Trinajstić information content (AvgIpc) is 2.51. The lowest BCUT2D eigenvalue weighted by Gasteiger charge is -2.15. The van der Waals surface area contributed by atoms with Crippen LogP contribution in [0.4, 0.5) is 11.5 Å². The number of pyridine rings is 1. The molecule has 0 aliphatic heterocycles. The summed E-state index contributed by atoms with van der Waals surface area (Å²) in [6.07, 6.45) is -0.0585. The Balaban J connectivity index is 2.07. The number of nitro groups is 1. The number of hydrogen-bond donors (Lipinski definition) is 2. The molecule has 1 aromatic carbocycles. The number of halogens is 2. The first-order valence-corrected chi connectivity index (χ1v) is 7.29. The molecule has 1 amide bonds. The monoisotopic (exact) mass is 371 g/mol. The Labute approximate surface area is 146 Å². The van der Waals surface area contributed by atoms with Gasteiger partial charge in [0, 0.05) is 5.02 Å². The number of carbonyl (C=O) groups excluding carboxylic acids is 1. The molecule has 0 saturated heterocycles. The Kier molecular flexibility index (Phi) is 5.42. The molecule has 1 unspecified atom stereocenters. The largest absolute Gasteiger partial charge is 0.504 e. The van der Waals surface area contributed by atoms with E-state index in [0.29, 0.717) is 5.02 Å². The Hall–Kier alpha value is -2.58. The number of ether oxygens (including phenoxy) is 1. The van der Waals surface area contributed by atoms with Gasteiger partial charge in [0.1, 0.15) is 11.9 Å². The van der Waals surface area contributed by atoms with Crippen LogP contribution in [-0.4, -0.2) is 27.0 Å². The molecule has 0 saturated carbocycles. The molecule has 0 spiro atoms. The summed E-state index contributed by atoms with van der Waals surface area (Å²) in [5.41, 5.74) is -0.400. The van der Waals surface area contributed by atoms with E-state index in [0.717, 1.165) is 12.3 Å². The van der Waals surface area contributed by atoms with Crippen LogP contribution in [0.2, 0.25) is 10.0 Å². The van der Waals surface area contributed by atoms with E-state index in [1.54, 1.807) is 6.07 Å². The van der Waals surface area contributed by atoms with Gasteiger partial charge in [0.25, 0.3) is 11.6 Å². The summed E-state index contributed by atoms with van der Waals surface area (Å²) < 4.78 is 5.42. The molecule has 0 aliphatic rings. The van der Waals surface area contributed by atoms with E-state index in [1.165, 1.54) is 19.1 Å². The zero-order valence-corrected chi connectivity index (χ0v) is 13.7. The second-order valence-corrected chi connectivity index (χ2v) is 5.49. The molecule has 1 heterocycles. The summed E-state index contributed by atoms with van der Waals surface area (Å²) in [6, 6.07) is 5.41. The number of amides is 1. The van der Waals surface area contributed by atoms with Crippen molar-refractivity contribution in [3.63, 3.8) is 0 Å². The fraction of sp³-hybridized carbons (Fsp3) is 0.143. The molecule has 0 fully saturated rings. The van der Waals surface area contributed by atoms with Gasteiger partial charge in [0.2, 0.25) is 0 Å². The summed E-state index contributed by atoms with van der Waals surface area (Å²) in [4.78, 5) is 25.6. The maximum absolute atomic E-state index is 12.1. The van der Waals surface area contributed by atoms with E-state index in [9.17, 15) is 20.0 Å². The van der Waals surface area contributed by atoms with Gasteiger partial charge in [-0.25, -0.2) is 4.98 Å². The molecule has 10 heteroatoms. The highest BCUT2D eigenvalue weighted by Gasteiger charge is 2.19. The van der Waals surface area contributed by atoms with Crippen LogP contribution < -0.4 is 10.1 Å². The molecule has 2 aromatic rings. The van der Waals surface area contributed by atoms with E-state index >= 15 is 0 Å². The zero-order chi connectivity index (χ0) is 17.9. The van der Waals surface area contributed by atoms with Crippen LogP contribution >= 0.6 is 23.2 Å². The number of aromatic hydroxyl groups is 1. The summed E-state index contributed by atoms with van der Waals surface area (Å²) in [5, 5.41) is 23.2. The Bertz CT molecular complexity index is 800. The minimum Gasteiger partial charge on any atom is -0.504 e. The highest BCUT2D eigenvalue weighted by Crippen LogP contribution is 2.29. The van der Waals surface area contributed by atoms with Gasteiger partial charge in [0.15, 0.2) is 17.7 Å². The van der Waals surface area contributed by atoms with Crippen LogP contribution in [0.25, 0.3) is 0 Å². The van der Waals surface area contributed by atoms with E-state index < -0.39 is 28.4 Å². The van der Waals surface area contributed by atoms with Crippen LogP contribution in [0.5, 0.6) is 11.5 Å². The third-order valence-corrected chi connectivity index (χ3v) is 3.40. The quantitative estimate of drug-likeness (QED) is 0.614. The van der Waals surface area contributed by atoms with Crippen LogP contribution in [0.3, 0.4) is 0 Å². The van der Waals surface area contributed by atoms with Crippen molar-refractivity contribution in [2.24, 2.45) is 0 Å². The lowest BCUT2D eigenvalue weighted by molar-refractivity contribution is -0.385. The molecule has 8 nitrogen and oxygen atoms in total.